The van der Waals surface area contributed by atoms with Crippen molar-refractivity contribution in [3.8, 4) is 0 Å². The van der Waals surface area contributed by atoms with E-state index in [2.05, 4.69) is 27.9 Å². The molecule has 2 rings (SSSR count). The lowest BCUT2D eigenvalue weighted by Crippen LogP contribution is -2.23. The number of hydrogen-bond acceptors (Lipinski definition) is 2. The van der Waals surface area contributed by atoms with E-state index in [9.17, 15) is 9.59 Å². The minimum absolute atomic E-state index is 0.0329. The SMILES string of the molecule is CN(C)C(=O)c1ccc(CNC(=O)c2ccc(I)cc2)cc1. The van der Waals surface area contributed by atoms with Gasteiger partial charge in [0.05, 0.1) is 0 Å². The monoisotopic (exact) mass is 408 g/mol. The molecule has 0 aliphatic heterocycles. The Labute approximate surface area is 143 Å². The highest BCUT2D eigenvalue weighted by atomic mass is 127. The zero-order valence-corrected chi connectivity index (χ0v) is 14.6. The van der Waals surface area contributed by atoms with Crippen LogP contribution in [-0.2, 0) is 6.54 Å². The van der Waals surface area contributed by atoms with Gasteiger partial charge >= 0.3 is 0 Å². The van der Waals surface area contributed by atoms with Crippen LogP contribution in [0.3, 0.4) is 0 Å². The molecule has 5 heteroatoms. The number of halogens is 1. The molecule has 0 atom stereocenters. The van der Waals surface area contributed by atoms with Crippen molar-refractivity contribution in [2.45, 2.75) is 6.54 Å². The zero-order chi connectivity index (χ0) is 16.1. The third-order valence-electron chi connectivity index (χ3n) is 3.17. The van der Waals surface area contributed by atoms with Gasteiger partial charge in [0.1, 0.15) is 0 Å². The molecule has 22 heavy (non-hydrogen) atoms. The van der Waals surface area contributed by atoms with E-state index in [1.165, 1.54) is 4.90 Å². The van der Waals surface area contributed by atoms with Crippen molar-refractivity contribution in [2.24, 2.45) is 0 Å². The first-order valence-electron chi connectivity index (χ1n) is 6.82. The van der Waals surface area contributed by atoms with Crippen LogP contribution in [0.25, 0.3) is 0 Å². The number of benzene rings is 2. The summed E-state index contributed by atoms with van der Waals surface area (Å²) >= 11 is 2.20. The Morgan fingerprint density at radius 3 is 2.05 bits per heavy atom. The summed E-state index contributed by atoms with van der Waals surface area (Å²) in [7, 11) is 3.44. The number of nitrogens with one attached hydrogen (secondary N) is 1. The van der Waals surface area contributed by atoms with Crippen molar-refractivity contribution in [1.82, 2.24) is 10.2 Å². The Morgan fingerprint density at radius 1 is 0.955 bits per heavy atom. The van der Waals surface area contributed by atoms with Crippen LogP contribution >= 0.6 is 22.6 Å². The molecule has 0 spiro atoms. The highest BCUT2D eigenvalue weighted by Crippen LogP contribution is 2.08. The third-order valence-corrected chi connectivity index (χ3v) is 3.89. The average Bonchev–Trinajstić information content (AvgIpc) is 2.53. The fraction of sp³-hybridized carbons (Fsp3) is 0.176. The van der Waals surface area contributed by atoms with E-state index in [-0.39, 0.29) is 11.8 Å². The molecule has 0 bridgehead atoms. The van der Waals surface area contributed by atoms with E-state index in [1.54, 1.807) is 38.4 Å². The quantitative estimate of drug-likeness (QED) is 0.792. The molecule has 2 aromatic carbocycles. The Hall–Kier alpha value is -1.89. The maximum Gasteiger partial charge on any atom is 0.253 e. The Balaban J connectivity index is 1.95. The first-order chi connectivity index (χ1) is 10.5. The van der Waals surface area contributed by atoms with Crippen LogP contribution in [0.2, 0.25) is 0 Å². The maximum absolute atomic E-state index is 12.0. The van der Waals surface area contributed by atoms with E-state index in [0.29, 0.717) is 17.7 Å². The fourth-order valence-corrected chi connectivity index (χ4v) is 2.27. The van der Waals surface area contributed by atoms with Gasteiger partial charge in [-0.3, -0.25) is 9.59 Å². The Kier molecular flexibility index (Phi) is 5.54. The lowest BCUT2D eigenvalue weighted by atomic mass is 10.1. The van der Waals surface area contributed by atoms with Crippen molar-refractivity contribution in [3.05, 3.63) is 68.8 Å². The van der Waals surface area contributed by atoms with E-state index in [0.717, 1.165) is 9.13 Å². The van der Waals surface area contributed by atoms with Crippen LogP contribution in [0.4, 0.5) is 0 Å². The molecule has 0 unspecified atom stereocenters. The molecule has 0 saturated carbocycles. The van der Waals surface area contributed by atoms with Gasteiger partial charge in [-0.05, 0) is 64.6 Å². The number of carbonyl (C=O) groups is 2. The number of carbonyl (C=O) groups excluding carboxylic acids is 2. The van der Waals surface area contributed by atoms with Crippen molar-refractivity contribution >= 4 is 34.4 Å². The second kappa shape index (κ2) is 7.40. The molecule has 0 aliphatic carbocycles. The maximum atomic E-state index is 12.0. The van der Waals surface area contributed by atoms with Crippen molar-refractivity contribution in [3.63, 3.8) is 0 Å². The number of rotatable bonds is 4. The normalized spacial score (nSPS) is 10.1. The van der Waals surface area contributed by atoms with Crippen LogP contribution in [0, 0.1) is 3.57 Å². The summed E-state index contributed by atoms with van der Waals surface area (Å²) in [5.41, 5.74) is 2.23. The lowest BCUT2D eigenvalue weighted by molar-refractivity contribution is 0.0827. The molecule has 2 aromatic rings. The summed E-state index contributed by atoms with van der Waals surface area (Å²) in [6, 6.07) is 14.7. The average molecular weight is 408 g/mol. The van der Waals surface area contributed by atoms with Gasteiger partial charge in [-0.1, -0.05) is 12.1 Å². The van der Waals surface area contributed by atoms with Crippen molar-refractivity contribution in [2.75, 3.05) is 14.1 Å². The van der Waals surface area contributed by atoms with Gasteiger partial charge in [0.15, 0.2) is 0 Å². The molecule has 0 fully saturated rings. The predicted molar refractivity (Wildman–Crippen MR) is 94.8 cm³/mol. The Bertz CT molecular complexity index is 664. The molecule has 1 N–H and O–H groups in total. The molecule has 0 saturated heterocycles. The molecular weight excluding hydrogens is 391 g/mol. The standard InChI is InChI=1S/C17H17IN2O2/c1-20(2)17(22)14-5-3-12(4-6-14)11-19-16(21)13-7-9-15(18)10-8-13/h3-10H,11H2,1-2H3,(H,19,21). The summed E-state index contributed by atoms with van der Waals surface area (Å²) in [6.07, 6.45) is 0. The molecule has 0 aromatic heterocycles. The lowest BCUT2D eigenvalue weighted by Gasteiger charge is -2.11. The van der Waals surface area contributed by atoms with E-state index in [1.807, 2.05) is 24.3 Å². The molecule has 2 amide bonds. The molecule has 0 aliphatic rings. The topological polar surface area (TPSA) is 49.4 Å². The second-order valence-corrected chi connectivity index (χ2v) is 6.33. The minimum atomic E-state index is -0.107. The van der Waals surface area contributed by atoms with Gasteiger partial charge in [-0.2, -0.15) is 0 Å². The summed E-state index contributed by atoms with van der Waals surface area (Å²) in [4.78, 5) is 25.3. The first kappa shape index (κ1) is 16.5. The number of hydrogen-bond donors (Lipinski definition) is 1. The second-order valence-electron chi connectivity index (χ2n) is 5.09. The van der Waals surface area contributed by atoms with E-state index >= 15 is 0 Å². The van der Waals surface area contributed by atoms with Crippen molar-refractivity contribution in [1.29, 1.82) is 0 Å². The van der Waals surface area contributed by atoms with Crippen LogP contribution in [0.5, 0.6) is 0 Å². The smallest absolute Gasteiger partial charge is 0.253 e. The van der Waals surface area contributed by atoms with E-state index < -0.39 is 0 Å². The van der Waals surface area contributed by atoms with Gasteiger partial charge in [-0.15, -0.1) is 0 Å². The largest absolute Gasteiger partial charge is 0.348 e. The van der Waals surface area contributed by atoms with Crippen molar-refractivity contribution < 1.29 is 9.59 Å². The van der Waals surface area contributed by atoms with Gasteiger partial charge in [0, 0.05) is 35.3 Å². The number of amides is 2. The van der Waals surface area contributed by atoms with E-state index in [4.69, 9.17) is 0 Å². The van der Waals surface area contributed by atoms with Crippen LogP contribution in [0.15, 0.2) is 48.5 Å². The molecular formula is C17H17IN2O2. The summed E-state index contributed by atoms with van der Waals surface area (Å²) in [5.74, 6) is -0.140. The zero-order valence-electron chi connectivity index (χ0n) is 12.5. The number of nitrogens with zero attached hydrogens (tertiary/aromatic N) is 1. The van der Waals surface area contributed by atoms with Gasteiger partial charge in [0.2, 0.25) is 0 Å². The van der Waals surface area contributed by atoms with Gasteiger partial charge < -0.3 is 10.2 Å². The summed E-state index contributed by atoms with van der Waals surface area (Å²) in [5, 5.41) is 2.87. The van der Waals surface area contributed by atoms with Crippen LogP contribution < -0.4 is 5.32 Å². The van der Waals surface area contributed by atoms with Gasteiger partial charge in [-0.25, -0.2) is 0 Å². The molecule has 0 heterocycles. The molecule has 0 radical (unpaired) electrons. The summed E-state index contributed by atoms with van der Waals surface area (Å²) in [6.45, 7) is 0.432. The summed E-state index contributed by atoms with van der Waals surface area (Å²) < 4.78 is 1.09. The minimum Gasteiger partial charge on any atom is -0.348 e. The molecule has 4 nitrogen and oxygen atoms in total. The molecule has 114 valence electrons. The first-order valence-corrected chi connectivity index (χ1v) is 7.89. The predicted octanol–water partition coefficient (Wildman–Crippen LogP) is 2.92. The van der Waals surface area contributed by atoms with Crippen LogP contribution in [0.1, 0.15) is 26.3 Å². The fourth-order valence-electron chi connectivity index (χ4n) is 1.91. The highest BCUT2D eigenvalue weighted by Gasteiger charge is 2.08. The van der Waals surface area contributed by atoms with Crippen LogP contribution in [-0.4, -0.2) is 30.8 Å². The van der Waals surface area contributed by atoms with Gasteiger partial charge in [0.25, 0.3) is 11.8 Å². The third kappa shape index (κ3) is 4.30. The Morgan fingerprint density at radius 2 is 1.50 bits per heavy atom. The highest BCUT2D eigenvalue weighted by molar-refractivity contribution is 14.1.